The number of methoxy groups -OCH3 is 1. The third kappa shape index (κ3) is 4.07. The fourth-order valence-electron chi connectivity index (χ4n) is 3.14. The van der Waals surface area contributed by atoms with Gasteiger partial charge in [-0.05, 0) is 31.2 Å². The second-order valence-electron chi connectivity index (χ2n) is 6.11. The lowest BCUT2D eigenvalue weighted by molar-refractivity contribution is 0.371. The highest BCUT2D eigenvalue weighted by Crippen LogP contribution is 2.20. The average Bonchev–Trinajstić information content (AvgIpc) is 3.16. The number of hydrogen-bond acceptors (Lipinski definition) is 5. The van der Waals surface area contributed by atoms with Crippen molar-refractivity contribution in [2.24, 2.45) is 4.99 Å². The molecule has 140 valence electrons. The summed E-state index contributed by atoms with van der Waals surface area (Å²) in [6.07, 6.45) is 1.76. The highest BCUT2D eigenvalue weighted by Gasteiger charge is 2.20. The minimum atomic E-state index is 0.624. The van der Waals surface area contributed by atoms with E-state index >= 15 is 0 Å². The van der Waals surface area contributed by atoms with Gasteiger partial charge >= 0.3 is 0 Å². The molecule has 26 heavy (non-hydrogen) atoms. The first-order chi connectivity index (χ1) is 12.7. The summed E-state index contributed by atoms with van der Waals surface area (Å²) >= 11 is 0. The number of benzene rings is 1. The number of guanidine groups is 1. The molecule has 0 bridgehead atoms. The monoisotopic (exact) mass is 357 g/mol. The number of aromatic nitrogens is 3. The van der Waals surface area contributed by atoms with Crippen molar-refractivity contribution in [3.05, 3.63) is 36.4 Å². The Morgan fingerprint density at radius 1 is 1.19 bits per heavy atom. The molecule has 1 aromatic heterocycles. The first-order valence-electron chi connectivity index (χ1n) is 8.96. The summed E-state index contributed by atoms with van der Waals surface area (Å²) in [5.41, 5.74) is 1.23. The molecule has 0 amide bonds. The molecule has 0 saturated carbocycles. The van der Waals surface area contributed by atoms with Crippen LogP contribution in [0.3, 0.4) is 0 Å². The van der Waals surface area contributed by atoms with E-state index in [2.05, 4.69) is 49.4 Å². The van der Waals surface area contributed by atoms with E-state index in [9.17, 15) is 0 Å². The Balaban J connectivity index is 1.53. The van der Waals surface area contributed by atoms with Gasteiger partial charge in [-0.2, -0.15) is 0 Å². The zero-order valence-electron chi connectivity index (χ0n) is 15.7. The van der Waals surface area contributed by atoms with Gasteiger partial charge in [-0.25, -0.2) is 0 Å². The SMILES string of the molecule is CCn1cnnc1CNC(=NC)N1CCN(c2ccc(OC)cc2)CC1. The van der Waals surface area contributed by atoms with Gasteiger partial charge in [0.1, 0.15) is 12.1 Å². The molecule has 0 unspecified atom stereocenters. The van der Waals surface area contributed by atoms with Gasteiger partial charge in [-0.1, -0.05) is 0 Å². The van der Waals surface area contributed by atoms with Crippen molar-refractivity contribution in [1.29, 1.82) is 0 Å². The van der Waals surface area contributed by atoms with Crippen LogP contribution in [-0.4, -0.2) is 66.0 Å². The Morgan fingerprint density at radius 2 is 1.92 bits per heavy atom. The molecule has 1 N–H and O–H groups in total. The molecular weight excluding hydrogens is 330 g/mol. The van der Waals surface area contributed by atoms with Crippen LogP contribution in [-0.2, 0) is 13.1 Å². The summed E-state index contributed by atoms with van der Waals surface area (Å²) in [5.74, 6) is 2.72. The molecule has 1 fully saturated rings. The van der Waals surface area contributed by atoms with Crippen LogP contribution in [0.2, 0.25) is 0 Å². The van der Waals surface area contributed by atoms with Crippen LogP contribution in [0.25, 0.3) is 0 Å². The maximum absolute atomic E-state index is 5.23. The Bertz CT molecular complexity index is 717. The highest BCUT2D eigenvalue weighted by atomic mass is 16.5. The molecule has 3 rings (SSSR count). The molecule has 0 spiro atoms. The predicted octanol–water partition coefficient (Wildman–Crippen LogP) is 1.20. The van der Waals surface area contributed by atoms with Crippen molar-refractivity contribution in [2.75, 3.05) is 45.2 Å². The van der Waals surface area contributed by atoms with E-state index in [0.29, 0.717) is 6.54 Å². The van der Waals surface area contributed by atoms with Gasteiger partial charge < -0.3 is 24.4 Å². The van der Waals surface area contributed by atoms with E-state index in [1.807, 2.05) is 23.7 Å². The molecule has 1 aromatic carbocycles. The van der Waals surface area contributed by atoms with Gasteiger partial charge in [0.15, 0.2) is 11.8 Å². The summed E-state index contributed by atoms with van der Waals surface area (Å²) in [6, 6.07) is 8.23. The van der Waals surface area contributed by atoms with E-state index in [1.54, 1.807) is 13.4 Å². The lowest BCUT2D eigenvalue weighted by atomic mass is 10.2. The summed E-state index contributed by atoms with van der Waals surface area (Å²) in [5, 5.41) is 11.5. The molecule has 2 heterocycles. The van der Waals surface area contributed by atoms with Gasteiger partial charge in [0.25, 0.3) is 0 Å². The minimum Gasteiger partial charge on any atom is -0.497 e. The average molecular weight is 357 g/mol. The Labute approximate surface area is 154 Å². The second-order valence-corrected chi connectivity index (χ2v) is 6.11. The number of piperazine rings is 1. The standard InChI is InChI=1S/C18H27N7O/c1-4-23-14-21-22-17(23)13-20-18(19-2)25-11-9-24(10-12-25)15-5-7-16(26-3)8-6-15/h5-8,14H,4,9-13H2,1-3H3,(H,19,20). The van der Waals surface area contributed by atoms with Crippen molar-refractivity contribution in [2.45, 2.75) is 20.0 Å². The summed E-state index contributed by atoms with van der Waals surface area (Å²) in [7, 11) is 3.51. The van der Waals surface area contributed by atoms with Crippen molar-refractivity contribution in [3.8, 4) is 5.75 Å². The summed E-state index contributed by atoms with van der Waals surface area (Å²) in [6.45, 7) is 7.33. The van der Waals surface area contributed by atoms with Crippen LogP contribution < -0.4 is 15.0 Å². The third-order valence-corrected chi connectivity index (χ3v) is 4.67. The van der Waals surface area contributed by atoms with Crippen molar-refractivity contribution in [3.63, 3.8) is 0 Å². The van der Waals surface area contributed by atoms with Crippen molar-refractivity contribution in [1.82, 2.24) is 25.0 Å². The molecular formula is C18H27N7O. The molecule has 8 nitrogen and oxygen atoms in total. The number of aryl methyl sites for hydroxylation is 1. The Hall–Kier alpha value is -2.77. The van der Waals surface area contributed by atoms with E-state index in [-0.39, 0.29) is 0 Å². The lowest BCUT2D eigenvalue weighted by Gasteiger charge is -2.37. The zero-order valence-corrected chi connectivity index (χ0v) is 15.7. The van der Waals surface area contributed by atoms with E-state index in [1.165, 1.54) is 5.69 Å². The van der Waals surface area contributed by atoms with Gasteiger partial charge in [-0.3, -0.25) is 4.99 Å². The van der Waals surface area contributed by atoms with Gasteiger partial charge in [0, 0.05) is 45.5 Å². The van der Waals surface area contributed by atoms with Crippen LogP contribution in [0, 0.1) is 0 Å². The molecule has 8 heteroatoms. The molecule has 1 aliphatic heterocycles. The fraction of sp³-hybridized carbons (Fsp3) is 0.500. The van der Waals surface area contributed by atoms with Gasteiger partial charge in [0.05, 0.1) is 13.7 Å². The Kier molecular flexibility index (Phi) is 5.93. The predicted molar refractivity (Wildman–Crippen MR) is 103 cm³/mol. The van der Waals surface area contributed by atoms with E-state index in [0.717, 1.165) is 50.3 Å². The molecule has 0 radical (unpaired) electrons. The molecule has 0 atom stereocenters. The molecule has 2 aromatic rings. The van der Waals surface area contributed by atoms with E-state index in [4.69, 9.17) is 4.74 Å². The van der Waals surface area contributed by atoms with Crippen LogP contribution >= 0.6 is 0 Å². The van der Waals surface area contributed by atoms with Crippen LogP contribution in [0.4, 0.5) is 5.69 Å². The largest absolute Gasteiger partial charge is 0.497 e. The number of nitrogens with zero attached hydrogens (tertiary/aromatic N) is 6. The fourth-order valence-corrected chi connectivity index (χ4v) is 3.14. The first kappa shape index (κ1) is 18.0. The normalized spacial score (nSPS) is 15.3. The number of hydrogen-bond donors (Lipinski definition) is 1. The first-order valence-corrected chi connectivity index (χ1v) is 8.96. The highest BCUT2D eigenvalue weighted by molar-refractivity contribution is 5.80. The zero-order chi connectivity index (χ0) is 18.4. The number of ether oxygens (including phenoxy) is 1. The number of anilines is 1. The minimum absolute atomic E-state index is 0.624. The lowest BCUT2D eigenvalue weighted by Crippen LogP contribution is -2.52. The number of aliphatic imine (C=N–C) groups is 1. The number of rotatable bonds is 5. The van der Waals surface area contributed by atoms with Crippen LogP contribution in [0.15, 0.2) is 35.6 Å². The van der Waals surface area contributed by atoms with Crippen LogP contribution in [0.1, 0.15) is 12.7 Å². The third-order valence-electron chi connectivity index (χ3n) is 4.67. The molecule has 1 aliphatic rings. The number of nitrogens with one attached hydrogen (secondary N) is 1. The summed E-state index contributed by atoms with van der Waals surface area (Å²) in [4.78, 5) is 9.10. The van der Waals surface area contributed by atoms with Crippen molar-refractivity contribution < 1.29 is 4.74 Å². The van der Waals surface area contributed by atoms with Gasteiger partial charge in [0.2, 0.25) is 0 Å². The topological polar surface area (TPSA) is 70.8 Å². The second kappa shape index (κ2) is 8.55. The Morgan fingerprint density at radius 3 is 2.54 bits per heavy atom. The van der Waals surface area contributed by atoms with Gasteiger partial charge in [-0.15, -0.1) is 10.2 Å². The van der Waals surface area contributed by atoms with Crippen LogP contribution in [0.5, 0.6) is 5.75 Å². The smallest absolute Gasteiger partial charge is 0.194 e. The molecule has 1 saturated heterocycles. The maximum Gasteiger partial charge on any atom is 0.194 e. The maximum atomic E-state index is 5.23. The van der Waals surface area contributed by atoms with Crippen molar-refractivity contribution >= 4 is 11.6 Å². The molecule has 0 aliphatic carbocycles. The van der Waals surface area contributed by atoms with E-state index < -0.39 is 0 Å². The summed E-state index contributed by atoms with van der Waals surface area (Å²) < 4.78 is 7.26. The quantitative estimate of drug-likeness (QED) is 0.641.